The first kappa shape index (κ1) is 14.0. The summed E-state index contributed by atoms with van der Waals surface area (Å²) in [5, 5.41) is 0. The van der Waals surface area contributed by atoms with Crippen LogP contribution in [0.4, 0.5) is 0 Å². The summed E-state index contributed by atoms with van der Waals surface area (Å²) in [5.41, 5.74) is 3.61. The van der Waals surface area contributed by atoms with Gasteiger partial charge in [0.1, 0.15) is 10.3 Å². The van der Waals surface area contributed by atoms with Crippen molar-refractivity contribution in [2.75, 3.05) is 7.11 Å². The molecule has 5 heteroatoms. The fraction of sp³-hybridized carbons (Fsp3) is 0.286. The molecule has 0 unspecified atom stereocenters. The number of hydrogen-bond donors (Lipinski definition) is 1. The zero-order chi connectivity index (χ0) is 14.0. The molecule has 1 aromatic carbocycles. The predicted octanol–water partition coefficient (Wildman–Crippen LogP) is 2.96. The van der Waals surface area contributed by atoms with Gasteiger partial charge in [0.25, 0.3) is 5.56 Å². The molecule has 0 aliphatic rings. The number of aromatic amines is 1. The van der Waals surface area contributed by atoms with Gasteiger partial charge >= 0.3 is 0 Å². The highest BCUT2D eigenvalue weighted by molar-refractivity contribution is 9.10. The normalized spacial score (nSPS) is 10.7. The largest absolute Gasteiger partial charge is 0.378 e. The van der Waals surface area contributed by atoms with Gasteiger partial charge in [-0.05, 0) is 40.9 Å². The van der Waals surface area contributed by atoms with Crippen LogP contribution in [0, 0.1) is 13.8 Å². The number of methoxy groups -OCH3 is 1. The maximum Gasteiger partial charge on any atom is 0.265 e. The van der Waals surface area contributed by atoms with Crippen molar-refractivity contribution in [3.8, 4) is 11.4 Å². The van der Waals surface area contributed by atoms with Crippen molar-refractivity contribution < 1.29 is 4.74 Å². The second kappa shape index (κ2) is 5.67. The maximum absolute atomic E-state index is 11.9. The summed E-state index contributed by atoms with van der Waals surface area (Å²) in [6, 6.07) is 5.94. The Kier molecular flexibility index (Phi) is 4.17. The Morgan fingerprint density at radius 2 is 2.11 bits per heavy atom. The van der Waals surface area contributed by atoms with Crippen LogP contribution in [-0.4, -0.2) is 17.1 Å². The van der Waals surface area contributed by atoms with Crippen LogP contribution in [0.1, 0.15) is 16.8 Å². The summed E-state index contributed by atoms with van der Waals surface area (Å²) in [5.74, 6) is 0.571. The number of aromatic nitrogens is 2. The first-order chi connectivity index (χ1) is 9.04. The minimum Gasteiger partial charge on any atom is -0.378 e. The molecule has 0 spiro atoms. The molecule has 19 heavy (non-hydrogen) atoms. The van der Waals surface area contributed by atoms with Crippen LogP contribution in [-0.2, 0) is 11.3 Å². The lowest BCUT2D eigenvalue weighted by molar-refractivity contribution is 0.180. The number of rotatable bonds is 3. The number of ether oxygens (including phenoxy) is 1. The number of aryl methyl sites for hydroxylation is 1. The van der Waals surface area contributed by atoms with E-state index >= 15 is 0 Å². The Morgan fingerprint density at radius 1 is 1.37 bits per heavy atom. The lowest BCUT2D eigenvalue weighted by Gasteiger charge is -2.10. The van der Waals surface area contributed by atoms with Crippen molar-refractivity contribution in [3.63, 3.8) is 0 Å². The Labute approximate surface area is 120 Å². The summed E-state index contributed by atoms with van der Waals surface area (Å²) in [7, 11) is 1.58. The fourth-order valence-electron chi connectivity index (χ4n) is 1.87. The highest BCUT2D eigenvalue weighted by Crippen LogP contribution is 2.23. The van der Waals surface area contributed by atoms with Gasteiger partial charge in [0.15, 0.2) is 0 Å². The van der Waals surface area contributed by atoms with Crippen LogP contribution < -0.4 is 5.56 Å². The van der Waals surface area contributed by atoms with E-state index in [9.17, 15) is 4.79 Å². The van der Waals surface area contributed by atoms with E-state index in [1.54, 1.807) is 7.11 Å². The third kappa shape index (κ3) is 2.77. The standard InChI is InChI=1S/C14H15BrN2O2/c1-8-5-4-6-10(9(8)2)13-16-11(7-19-3)12(15)14(18)17-13/h4-6H,7H2,1-3H3,(H,16,17,18). The number of halogens is 1. The topological polar surface area (TPSA) is 55.0 Å². The highest BCUT2D eigenvalue weighted by Gasteiger charge is 2.12. The van der Waals surface area contributed by atoms with E-state index in [4.69, 9.17) is 4.74 Å². The summed E-state index contributed by atoms with van der Waals surface area (Å²) in [4.78, 5) is 19.2. The Hall–Kier alpha value is -1.46. The smallest absolute Gasteiger partial charge is 0.265 e. The number of benzene rings is 1. The van der Waals surface area contributed by atoms with Gasteiger partial charge in [-0.3, -0.25) is 4.79 Å². The van der Waals surface area contributed by atoms with E-state index in [0.717, 1.165) is 16.7 Å². The van der Waals surface area contributed by atoms with Gasteiger partial charge in [-0.1, -0.05) is 18.2 Å². The number of nitrogens with zero attached hydrogens (tertiary/aromatic N) is 1. The van der Waals surface area contributed by atoms with Crippen molar-refractivity contribution in [3.05, 3.63) is 49.8 Å². The van der Waals surface area contributed by atoms with Crippen LogP contribution in [0.25, 0.3) is 11.4 Å². The summed E-state index contributed by atoms with van der Waals surface area (Å²) in [6.07, 6.45) is 0. The quantitative estimate of drug-likeness (QED) is 0.945. The maximum atomic E-state index is 11.9. The first-order valence-corrected chi connectivity index (χ1v) is 6.68. The zero-order valence-corrected chi connectivity index (χ0v) is 12.7. The van der Waals surface area contributed by atoms with E-state index < -0.39 is 0 Å². The highest BCUT2D eigenvalue weighted by atomic mass is 79.9. The van der Waals surface area contributed by atoms with E-state index in [1.807, 2.05) is 32.0 Å². The van der Waals surface area contributed by atoms with E-state index in [1.165, 1.54) is 0 Å². The van der Waals surface area contributed by atoms with Crippen molar-refractivity contribution in [1.29, 1.82) is 0 Å². The van der Waals surface area contributed by atoms with Gasteiger partial charge < -0.3 is 9.72 Å². The summed E-state index contributed by atoms with van der Waals surface area (Å²) >= 11 is 3.23. The lowest BCUT2D eigenvalue weighted by atomic mass is 10.0. The van der Waals surface area contributed by atoms with E-state index in [0.29, 0.717) is 22.6 Å². The van der Waals surface area contributed by atoms with Crippen LogP contribution in [0.5, 0.6) is 0 Å². The lowest BCUT2D eigenvalue weighted by Crippen LogP contribution is -2.14. The van der Waals surface area contributed by atoms with E-state index in [-0.39, 0.29) is 5.56 Å². The molecule has 1 heterocycles. The molecule has 1 N–H and O–H groups in total. The number of H-pyrrole nitrogens is 1. The van der Waals surface area contributed by atoms with Crippen LogP contribution in [0.2, 0.25) is 0 Å². The molecule has 0 saturated heterocycles. The van der Waals surface area contributed by atoms with Gasteiger partial charge in [0.05, 0.1) is 12.3 Å². The summed E-state index contributed by atoms with van der Waals surface area (Å²) < 4.78 is 5.48. The van der Waals surface area contributed by atoms with Crippen molar-refractivity contribution in [2.24, 2.45) is 0 Å². The van der Waals surface area contributed by atoms with Gasteiger partial charge in [-0.15, -0.1) is 0 Å². The average Bonchev–Trinajstić information content (AvgIpc) is 2.38. The third-order valence-electron chi connectivity index (χ3n) is 3.07. The molecule has 1 aromatic heterocycles. The molecular formula is C14H15BrN2O2. The molecule has 2 aromatic rings. The van der Waals surface area contributed by atoms with Gasteiger partial charge in [-0.25, -0.2) is 4.98 Å². The molecule has 0 amide bonds. The molecule has 0 fully saturated rings. The molecular weight excluding hydrogens is 308 g/mol. The van der Waals surface area contributed by atoms with Gasteiger partial charge in [0, 0.05) is 12.7 Å². The minimum atomic E-state index is -0.196. The summed E-state index contributed by atoms with van der Waals surface area (Å²) in [6.45, 7) is 4.34. The minimum absolute atomic E-state index is 0.196. The van der Waals surface area contributed by atoms with Crippen LogP contribution in [0.3, 0.4) is 0 Å². The van der Waals surface area contributed by atoms with Crippen LogP contribution in [0.15, 0.2) is 27.5 Å². The fourth-order valence-corrected chi connectivity index (χ4v) is 2.18. The second-order valence-corrected chi connectivity index (χ2v) is 5.15. The first-order valence-electron chi connectivity index (χ1n) is 5.88. The molecule has 2 rings (SSSR count). The zero-order valence-electron chi connectivity index (χ0n) is 11.1. The molecule has 0 saturated carbocycles. The van der Waals surface area contributed by atoms with Crippen molar-refractivity contribution >= 4 is 15.9 Å². The molecule has 0 aliphatic carbocycles. The molecule has 0 atom stereocenters. The molecule has 0 aliphatic heterocycles. The van der Waals surface area contributed by atoms with E-state index in [2.05, 4.69) is 25.9 Å². The second-order valence-electron chi connectivity index (χ2n) is 4.36. The van der Waals surface area contributed by atoms with Gasteiger partial charge in [0.2, 0.25) is 0 Å². The van der Waals surface area contributed by atoms with Crippen LogP contribution >= 0.6 is 15.9 Å². The molecule has 100 valence electrons. The van der Waals surface area contributed by atoms with Gasteiger partial charge in [-0.2, -0.15) is 0 Å². The average molecular weight is 323 g/mol. The Bertz CT molecular complexity index is 665. The third-order valence-corrected chi connectivity index (χ3v) is 3.89. The Morgan fingerprint density at radius 3 is 2.79 bits per heavy atom. The Balaban J connectivity index is 2.63. The van der Waals surface area contributed by atoms with Crippen molar-refractivity contribution in [1.82, 2.24) is 9.97 Å². The molecule has 4 nitrogen and oxygen atoms in total. The predicted molar refractivity (Wildman–Crippen MR) is 78.2 cm³/mol. The SMILES string of the molecule is COCc1nc(-c2cccc(C)c2C)[nH]c(=O)c1Br. The molecule has 0 radical (unpaired) electrons. The molecule has 0 bridgehead atoms. The number of hydrogen-bond acceptors (Lipinski definition) is 3. The van der Waals surface area contributed by atoms with Crippen molar-refractivity contribution in [2.45, 2.75) is 20.5 Å². The number of nitrogens with one attached hydrogen (secondary N) is 1. The monoisotopic (exact) mass is 322 g/mol.